The fourth-order valence-electron chi connectivity index (χ4n) is 1.54. The molecule has 1 aromatic rings. The van der Waals surface area contributed by atoms with Crippen molar-refractivity contribution in [3.05, 3.63) is 30.1 Å². The van der Waals surface area contributed by atoms with Crippen LogP contribution in [0.15, 0.2) is 18.7 Å². The van der Waals surface area contributed by atoms with Crippen LogP contribution in [0.2, 0.25) is 0 Å². The summed E-state index contributed by atoms with van der Waals surface area (Å²) in [5, 5.41) is 7.76. The summed E-state index contributed by atoms with van der Waals surface area (Å²) >= 11 is 0. The van der Waals surface area contributed by atoms with Gasteiger partial charge >= 0.3 is 0 Å². The number of hydrogen-bond donors (Lipinski definition) is 1. The highest BCUT2D eigenvalue weighted by Gasteiger charge is 2.11. The van der Waals surface area contributed by atoms with Crippen molar-refractivity contribution in [3.8, 4) is 0 Å². The van der Waals surface area contributed by atoms with Crippen LogP contribution in [-0.2, 0) is 13.5 Å². The van der Waals surface area contributed by atoms with Gasteiger partial charge in [0, 0.05) is 7.05 Å². The average Bonchev–Trinajstić information content (AvgIpc) is 2.56. The van der Waals surface area contributed by atoms with Crippen LogP contribution in [-0.4, -0.2) is 16.3 Å². The van der Waals surface area contributed by atoms with Crippen LogP contribution in [0.25, 0.3) is 0 Å². The number of hydrogen-bond acceptors (Lipinski definition) is 2. The molecule has 1 N–H and O–H groups in total. The number of nitrogens with one attached hydrogen (secondary N) is 1. The summed E-state index contributed by atoms with van der Waals surface area (Å²) in [6, 6.07) is 2.34. The number of aryl methyl sites for hydroxylation is 2. The standard InChI is InChI=1S/C11H19N3/c1-5-9-8-11(14(4)13-9)10(6-2)12-7-3/h6,8,10,12H,2,5,7H2,1,3-4H3. The molecule has 1 rings (SSSR count). The Morgan fingerprint density at radius 1 is 1.64 bits per heavy atom. The molecular formula is C11H19N3. The Morgan fingerprint density at radius 3 is 2.79 bits per heavy atom. The molecule has 0 saturated carbocycles. The third-order valence-electron chi connectivity index (χ3n) is 2.31. The molecule has 0 amide bonds. The van der Waals surface area contributed by atoms with Gasteiger partial charge in [0.15, 0.2) is 0 Å². The lowest BCUT2D eigenvalue weighted by molar-refractivity contribution is 0.585. The van der Waals surface area contributed by atoms with Crippen LogP contribution in [0.1, 0.15) is 31.3 Å². The maximum absolute atomic E-state index is 4.41. The van der Waals surface area contributed by atoms with Gasteiger partial charge in [0.1, 0.15) is 0 Å². The molecule has 14 heavy (non-hydrogen) atoms. The van der Waals surface area contributed by atoms with E-state index in [1.54, 1.807) is 0 Å². The quantitative estimate of drug-likeness (QED) is 0.723. The Balaban J connectivity index is 2.91. The second-order valence-electron chi connectivity index (χ2n) is 3.31. The van der Waals surface area contributed by atoms with Gasteiger partial charge in [-0.1, -0.05) is 19.9 Å². The first-order valence-electron chi connectivity index (χ1n) is 5.11. The molecule has 0 aromatic carbocycles. The molecule has 3 nitrogen and oxygen atoms in total. The molecule has 0 aliphatic rings. The fraction of sp³-hybridized carbons (Fsp3) is 0.545. The minimum Gasteiger partial charge on any atom is -0.306 e. The summed E-state index contributed by atoms with van der Waals surface area (Å²) in [7, 11) is 1.97. The van der Waals surface area contributed by atoms with Crippen molar-refractivity contribution in [2.24, 2.45) is 7.05 Å². The van der Waals surface area contributed by atoms with E-state index in [1.807, 2.05) is 17.8 Å². The van der Waals surface area contributed by atoms with Crippen molar-refractivity contribution in [2.45, 2.75) is 26.3 Å². The molecule has 0 spiro atoms. The third kappa shape index (κ3) is 2.23. The van der Waals surface area contributed by atoms with Gasteiger partial charge in [-0.05, 0) is 19.0 Å². The normalized spacial score (nSPS) is 12.8. The van der Waals surface area contributed by atoms with E-state index >= 15 is 0 Å². The van der Waals surface area contributed by atoms with Crippen LogP contribution in [0.5, 0.6) is 0 Å². The lowest BCUT2D eigenvalue weighted by atomic mass is 10.2. The molecule has 0 aliphatic heterocycles. The predicted molar refractivity (Wildman–Crippen MR) is 59.2 cm³/mol. The number of likely N-dealkylation sites (N-methyl/N-ethyl adjacent to an activating group) is 1. The smallest absolute Gasteiger partial charge is 0.0675 e. The van der Waals surface area contributed by atoms with E-state index in [9.17, 15) is 0 Å². The maximum Gasteiger partial charge on any atom is 0.0675 e. The first-order valence-corrected chi connectivity index (χ1v) is 5.11. The Bertz CT molecular complexity index is 301. The molecule has 0 radical (unpaired) electrons. The zero-order chi connectivity index (χ0) is 10.6. The highest BCUT2D eigenvalue weighted by atomic mass is 15.3. The van der Waals surface area contributed by atoms with Gasteiger partial charge in [-0.2, -0.15) is 5.10 Å². The minimum absolute atomic E-state index is 0.206. The zero-order valence-electron chi connectivity index (χ0n) is 9.25. The van der Waals surface area contributed by atoms with E-state index in [2.05, 4.69) is 36.9 Å². The van der Waals surface area contributed by atoms with Crippen LogP contribution in [0.4, 0.5) is 0 Å². The molecule has 1 heterocycles. The van der Waals surface area contributed by atoms with E-state index in [0.717, 1.165) is 18.7 Å². The zero-order valence-corrected chi connectivity index (χ0v) is 9.25. The lowest BCUT2D eigenvalue weighted by Crippen LogP contribution is -2.21. The molecular weight excluding hydrogens is 174 g/mol. The highest BCUT2D eigenvalue weighted by Crippen LogP contribution is 2.14. The number of rotatable bonds is 5. The summed E-state index contributed by atoms with van der Waals surface area (Å²) in [6.45, 7) is 8.97. The Labute approximate surface area is 85.8 Å². The molecule has 0 fully saturated rings. The van der Waals surface area contributed by atoms with Crippen molar-refractivity contribution in [1.82, 2.24) is 15.1 Å². The van der Waals surface area contributed by atoms with Crippen LogP contribution in [0.3, 0.4) is 0 Å². The van der Waals surface area contributed by atoms with Crippen molar-refractivity contribution < 1.29 is 0 Å². The second kappa shape index (κ2) is 4.96. The summed E-state index contributed by atoms with van der Waals surface area (Å²) in [6.07, 6.45) is 2.89. The van der Waals surface area contributed by atoms with Gasteiger partial charge in [-0.3, -0.25) is 4.68 Å². The van der Waals surface area contributed by atoms with Gasteiger partial charge in [0.2, 0.25) is 0 Å². The Morgan fingerprint density at radius 2 is 2.36 bits per heavy atom. The van der Waals surface area contributed by atoms with Gasteiger partial charge in [-0.25, -0.2) is 0 Å². The first-order chi connectivity index (χ1) is 6.72. The first kappa shape index (κ1) is 11.0. The molecule has 78 valence electrons. The number of nitrogens with zero attached hydrogens (tertiary/aromatic N) is 2. The van der Waals surface area contributed by atoms with E-state index in [4.69, 9.17) is 0 Å². The van der Waals surface area contributed by atoms with E-state index in [-0.39, 0.29) is 6.04 Å². The molecule has 0 bridgehead atoms. The van der Waals surface area contributed by atoms with Gasteiger partial charge < -0.3 is 5.32 Å². The molecule has 1 atom stereocenters. The minimum atomic E-state index is 0.206. The highest BCUT2D eigenvalue weighted by molar-refractivity contribution is 5.17. The van der Waals surface area contributed by atoms with Gasteiger partial charge in [-0.15, -0.1) is 6.58 Å². The average molecular weight is 193 g/mol. The van der Waals surface area contributed by atoms with Crippen LogP contribution < -0.4 is 5.32 Å². The third-order valence-corrected chi connectivity index (χ3v) is 2.31. The summed E-state index contributed by atoms with van der Waals surface area (Å²) in [5.74, 6) is 0. The van der Waals surface area contributed by atoms with Crippen molar-refractivity contribution in [1.29, 1.82) is 0 Å². The summed E-state index contributed by atoms with van der Waals surface area (Å²) < 4.78 is 1.92. The van der Waals surface area contributed by atoms with Crippen LogP contribution >= 0.6 is 0 Å². The van der Waals surface area contributed by atoms with E-state index in [0.29, 0.717) is 0 Å². The summed E-state index contributed by atoms with van der Waals surface area (Å²) in [4.78, 5) is 0. The topological polar surface area (TPSA) is 29.9 Å². The predicted octanol–water partition coefficient (Wildman–Crippen LogP) is 1.82. The van der Waals surface area contributed by atoms with Crippen molar-refractivity contribution in [3.63, 3.8) is 0 Å². The lowest BCUT2D eigenvalue weighted by Gasteiger charge is -2.12. The molecule has 0 saturated heterocycles. The molecule has 1 unspecified atom stereocenters. The van der Waals surface area contributed by atoms with E-state index < -0.39 is 0 Å². The molecule has 3 heteroatoms. The molecule has 1 aromatic heterocycles. The Kier molecular flexibility index (Phi) is 3.89. The number of aromatic nitrogens is 2. The maximum atomic E-state index is 4.41. The fourth-order valence-corrected chi connectivity index (χ4v) is 1.54. The van der Waals surface area contributed by atoms with Crippen LogP contribution in [0, 0.1) is 0 Å². The molecule has 0 aliphatic carbocycles. The van der Waals surface area contributed by atoms with E-state index in [1.165, 1.54) is 5.69 Å². The Hall–Kier alpha value is -1.09. The SMILES string of the molecule is C=CC(NCC)c1cc(CC)nn1C. The van der Waals surface area contributed by atoms with Crippen molar-refractivity contribution in [2.75, 3.05) is 6.54 Å². The summed E-state index contributed by atoms with van der Waals surface area (Å²) in [5.41, 5.74) is 2.31. The van der Waals surface area contributed by atoms with Gasteiger partial charge in [0.25, 0.3) is 0 Å². The largest absolute Gasteiger partial charge is 0.306 e. The monoisotopic (exact) mass is 193 g/mol. The van der Waals surface area contributed by atoms with Gasteiger partial charge in [0.05, 0.1) is 17.4 Å². The second-order valence-corrected chi connectivity index (χ2v) is 3.31. The van der Waals surface area contributed by atoms with Crippen molar-refractivity contribution >= 4 is 0 Å².